The molecule has 7 aromatic rings. The molecule has 0 saturated heterocycles. The largest absolute Gasteiger partial charge is 0.481 e. The van der Waals surface area contributed by atoms with Gasteiger partial charge in [-0.2, -0.15) is 0 Å². The molecule has 0 aliphatic rings. The minimum absolute atomic E-state index is 0.0146. The van der Waals surface area contributed by atoms with Crippen molar-refractivity contribution in [3.05, 3.63) is 250 Å². The summed E-state index contributed by atoms with van der Waals surface area (Å²) in [6.07, 6.45) is 0.738. The zero-order chi connectivity index (χ0) is 53.0. The molecule has 0 saturated carbocycles. The number of benzene rings is 6. The Labute approximate surface area is 453 Å². The predicted octanol–water partition coefficient (Wildman–Crippen LogP) is 10.4. The second kappa shape index (κ2) is 27.7. The van der Waals surface area contributed by atoms with Crippen molar-refractivity contribution in [2.24, 2.45) is 5.92 Å². The van der Waals surface area contributed by atoms with Crippen LogP contribution in [0.3, 0.4) is 0 Å². The number of aliphatic hydroxyl groups excluding tert-OH is 2. The number of aliphatic carboxylic acids is 1. The van der Waals surface area contributed by atoms with Crippen LogP contribution in [0, 0.1) is 5.92 Å². The van der Waals surface area contributed by atoms with E-state index in [1.807, 2.05) is 133 Å². The lowest BCUT2D eigenvalue weighted by molar-refractivity contribution is -0.140. The number of aliphatic hydroxyl groups is 2. The molecular formula is C62H65N3O7S3. The van der Waals surface area contributed by atoms with Crippen molar-refractivity contribution in [1.29, 1.82) is 0 Å². The van der Waals surface area contributed by atoms with Gasteiger partial charge in [-0.05, 0) is 62.9 Å². The van der Waals surface area contributed by atoms with Gasteiger partial charge in [0.25, 0.3) is 0 Å². The summed E-state index contributed by atoms with van der Waals surface area (Å²) in [5, 5.41) is 42.5. The SMILES string of the molecule is CC(C)[C@@H](NC(=O)[C@@H](CSC(c1ccccc1)(c1ccccc1)c1ccccc1)NC(=O)[C@@H](Cc1cccs1)NC(=O)C[C@H](O)/C=C/CCSC(c1ccccc1)(c1ccccc1)c1ccccc1)[C@@H](O)CC(=O)O. The van der Waals surface area contributed by atoms with Crippen LogP contribution < -0.4 is 16.0 Å². The minimum atomic E-state index is -1.41. The van der Waals surface area contributed by atoms with Crippen LogP contribution in [0.15, 0.2) is 212 Å². The second-order valence-corrected chi connectivity index (χ2v) is 22.2. The number of rotatable bonds is 27. The number of thiophene rings is 1. The van der Waals surface area contributed by atoms with E-state index >= 15 is 0 Å². The Morgan fingerprint density at radius 1 is 0.547 bits per heavy atom. The minimum Gasteiger partial charge on any atom is -0.481 e. The lowest BCUT2D eigenvalue weighted by Crippen LogP contribution is -2.58. The number of hydrogen-bond acceptors (Lipinski definition) is 9. The lowest BCUT2D eigenvalue weighted by atomic mass is 9.84. The van der Waals surface area contributed by atoms with Gasteiger partial charge in [-0.1, -0.05) is 214 Å². The molecule has 1 aromatic heterocycles. The summed E-state index contributed by atoms with van der Waals surface area (Å²) in [4.78, 5) is 55.9. The molecule has 388 valence electrons. The molecule has 6 aromatic carbocycles. The van der Waals surface area contributed by atoms with Crippen LogP contribution >= 0.6 is 34.9 Å². The summed E-state index contributed by atoms with van der Waals surface area (Å²) in [6.45, 7) is 3.54. The van der Waals surface area contributed by atoms with E-state index in [-0.39, 0.29) is 24.5 Å². The first-order valence-corrected chi connectivity index (χ1v) is 28.0. The van der Waals surface area contributed by atoms with Crippen molar-refractivity contribution in [3.63, 3.8) is 0 Å². The predicted molar refractivity (Wildman–Crippen MR) is 305 cm³/mol. The molecule has 0 aliphatic carbocycles. The Kier molecular flexibility index (Phi) is 20.7. The molecule has 1 heterocycles. The monoisotopic (exact) mass is 1060 g/mol. The lowest BCUT2D eigenvalue weighted by Gasteiger charge is -2.37. The Morgan fingerprint density at radius 3 is 1.37 bits per heavy atom. The summed E-state index contributed by atoms with van der Waals surface area (Å²) < 4.78 is -1.38. The first kappa shape index (κ1) is 56.0. The zero-order valence-electron chi connectivity index (χ0n) is 42.1. The normalized spacial score (nSPS) is 13.8. The van der Waals surface area contributed by atoms with E-state index in [1.54, 1.807) is 31.7 Å². The number of allylic oxidation sites excluding steroid dienone is 1. The second-order valence-electron chi connectivity index (χ2n) is 18.6. The van der Waals surface area contributed by atoms with Crippen molar-refractivity contribution in [3.8, 4) is 0 Å². The molecule has 13 heteroatoms. The first-order valence-electron chi connectivity index (χ1n) is 25.2. The van der Waals surface area contributed by atoms with Gasteiger partial charge >= 0.3 is 5.97 Å². The van der Waals surface area contributed by atoms with Crippen LogP contribution in [0.4, 0.5) is 0 Å². The van der Waals surface area contributed by atoms with Gasteiger partial charge in [-0.3, -0.25) is 19.2 Å². The fraction of sp³-hybridized carbons (Fsp3) is 0.258. The van der Waals surface area contributed by atoms with Crippen LogP contribution in [-0.2, 0) is 35.1 Å². The fourth-order valence-electron chi connectivity index (χ4n) is 9.36. The average Bonchev–Trinajstić information content (AvgIpc) is 3.95. The third-order valence-corrected chi connectivity index (χ3v) is 17.1. The molecule has 75 heavy (non-hydrogen) atoms. The zero-order valence-corrected chi connectivity index (χ0v) is 44.6. The van der Waals surface area contributed by atoms with Gasteiger partial charge in [0, 0.05) is 17.1 Å². The van der Waals surface area contributed by atoms with Crippen LogP contribution in [0.2, 0.25) is 0 Å². The molecule has 0 radical (unpaired) electrons. The van der Waals surface area contributed by atoms with Crippen molar-refractivity contribution in [2.75, 3.05) is 11.5 Å². The molecule has 6 N–H and O–H groups in total. The maximum atomic E-state index is 14.8. The van der Waals surface area contributed by atoms with Gasteiger partial charge in [0.2, 0.25) is 17.7 Å². The van der Waals surface area contributed by atoms with Crippen LogP contribution in [0.25, 0.3) is 0 Å². The fourth-order valence-corrected chi connectivity index (χ4v) is 13.1. The molecule has 5 atom stereocenters. The number of hydrogen-bond donors (Lipinski definition) is 6. The van der Waals surface area contributed by atoms with Gasteiger partial charge in [0.05, 0.1) is 40.6 Å². The highest BCUT2D eigenvalue weighted by Gasteiger charge is 2.40. The topological polar surface area (TPSA) is 165 Å². The Balaban J connectivity index is 1.10. The Morgan fingerprint density at radius 2 is 0.973 bits per heavy atom. The van der Waals surface area contributed by atoms with Crippen molar-refractivity contribution < 1.29 is 34.5 Å². The maximum absolute atomic E-state index is 14.8. The van der Waals surface area contributed by atoms with E-state index in [0.717, 1.165) is 38.3 Å². The van der Waals surface area contributed by atoms with Crippen LogP contribution in [0.5, 0.6) is 0 Å². The number of nitrogens with one attached hydrogen (secondary N) is 3. The summed E-state index contributed by atoms with van der Waals surface area (Å²) in [6, 6.07) is 61.4. The molecule has 7 rings (SSSR count). The van der Waals surface area contributed by atoms with E-state index in [2.05, 4.69) is 88.7 Å². The molecule has 0 bridgehead atoms. The molecule has 0 aliphatic heterocycles. The van der Waals surface area contributed by atoms with Gasteiger partial charge in [0.15, 0.2) is 0 Å². The van der Waals surface area contributed by atoms with Gasteiger partial charge in [-0.15, -0.1) is 34.9 Å². The van der Waals surface area contributed by atoms with Crippen LogP contribution in [-0.4, -0.2) is 80.8 Å². The highest BCUT2D eigenvalue weighted by molar-refractivity contribution is 8.00. The van der Waals surface area contributed by atoms with Gasteiger partial charge in [0.1, 0.15) is 12.1 Å². The number of carboxylic acid groups (broad SMARTS) is 1. The quantitative estimate of drug-likeness (QED) is 0.0167. The van der Waals surface area contributed by atoms with E-state index in [0.29, 0.717) is 12.2 Å². The molecule has 0 fully saturated rings. The smallest absolute Gasteiger partial charge is 0.306 e. The van der Waals surface area contributed by atoms with E-state index < -0.39 is 69.9 Å². The van der Waals surface area contributed by atoms with Crippen molar-refractivity contribution >= 4 is 58.6 Å². The van der Waals surface area contributed by atoms with Gasteiger partial charge in [-0.25, -0.2) is 0 Å². The summed E-state index contributed by atoms with van der Waals surface area (Å²) in [7, 11) is 0. The number of amides is 3. The number of carboxylic acids is 1. The maximum Gasteiger partial charge on any atom is 0.306 e. The van der Waals surface area contributed by atoms with Crippen molar-refractivity contribution in [1.82, 2.24) is 16.0 Å². The van der Waals surface area contributed by atoms with Crippen molar-refractivity contribution in [2.45, 2.75) is 79.4 Å². The number of thioether (sulfide) groups is 2. The Bertz CT molecular complexity index is 2680. The number of carbonyl (C=O) groups excluding carboxylic acids is 3. The third-order valence-electron chi connectivity index (χ3n) is 13.0. The first-order chi connectivity index (χ1) is 36.4. The van der Waals surface area contributed by atoms with Gasteiger partial charge < -0.3 is 31.3 Å². The third kappa shape index (κ3) is 14.8. The molecule has 0 spiro atoms. The molecule has 3 amide bonds. The van der Waals surface area contributed by atoms with Crippen LogP contribution in [0.1, 0.15) is 71.4 Å². The van der Waals surface area contributed by atoms with E-state index in [4.69, 9.17) is 0 Å². The molecule has 10 nitrogen and oxygen atoms in total. The highest BCUT2D eigenvalue weighted by Crippen LogP contribution is 2.50. The van der Waals surface area contributed by atoms with E-state index in [9.17, 15) is 34.5 Å². The van der Waals surface area contributed by atoms with E-state index in [1.165, 1.54) is 23.1 Å². The number of carbonyl (C=O) groups is 4. The molecular weight excluding hydrogens is 995 g/mol. The summed E-state index contributed by atoms with van der Waals surface area (Å²) in [5.74, 6) is -2.70. The molecule has 0 unspecified atom stereocenters. The standard InChI is InChI=1S/C62H65N3O7S3/c1-44(2)58(55(67)42-57(69)70)65-60(72)54(43-75-62(48-30-15-6-16-31-48,49-32-17-7-18-33-49)50-34-19-8-20-35-50)64-59(71)53(41-52-37-23-38-73-52)63-56(68)40-51(66)36-21-22-39-74-61(45-24-9-3-10-25-45,46-26-11-4-12-27-46)47-28-13-5-14-29-47/h3-21,23-38,44,51,53-55,58,66-67H,22,39-43H2,1-2H3,(H,63,68)(H,64,71)(H,65,72)(H,69,70)/b36-21+/t51-,53-,54-,55+,58-/m1/s1. The highest BCUT2D eigenvalue weighted by atomic mass is 32.2. The summed E-state index contributed by atoms with van der Waals surface area (Å²) in [5.41, 5.74) is 6.24. The average molecular weight is 1060 g/mol. The summed E-state index contributed by atoms with van der Waals surface area (Å²) >= 11 is 4.67. The Hall–Kier alpha value is -6.74.